The lowest BCUT2D eigenvalue weighted by molar-refractivity contribution is -0.141. The number of carbonyl (C=O) groups is 2. The fourth-order valence-electron chi connectivity index (χ4n) is 4.95. The molecule has 214 valence electrons. The maximum Gasteiger partial charge on any atom is 0.435 e. The van der Waals surface area contributed by atoms with Gasteiger partial charge in [-0.05, 0) is 43.4 Å². The molecular formula is C29H29F3N6O3. The van der Waals surface area contributed by atoms with E-state index >= 15 is 0 Å². The largest absolute Gasteiger partial charge is 0.435 e. The summed E-state index contributed by atoms with van der Waals surface area (Å²) in [6.07, 6.45) is -0.408. The fraction of sp³-hybridized carbons (Fsp3) is 0.345. The van der Waals surface area contributed by atoms with Crippen LogP contribution in [-0.2, 0) is 17.4 Å². The molecule has 1 fully saturated rings. The van der Waals surface area contributed by atoms with E-state index in [9.17, 15) is 22.8 Å². The molecule has 0 spiro atoms. The molecule has 2 aromatic heterocycles. The van der Waals surface area contributed by atoms with Gasteiger partial charge in [0.1, 0.15) is 0 Å². The average molecular weight is 567 g/mol. The molecule has 0 radical (unpaired) electrons. The van der Waals surface area contributed by atoms with Gasteiger partial charge in [-0.25, -0.2) is 4.68 Å². The van der Waals surface area contributed by atoms with Crippen LogP contribution < -0.4 is 10.6 Å². The van der Waals surface area contributed by atoms with Crippen LogP contribution in [0, 0.1) is 5.92 Å². The van der Waals surface area contributed by atoms with Crippen molar-refractivity contribution in [2.24, 2.45) is 5.92 Å². The zero-order valence-electron chi connectivity index (χ0n) is 22.1. The van der Waals surface area contributed by atoms with Gasteiger partial charge >= 0.3 is 6.18 Å². The Morgan fingerprint density at radius 2 is 1.59 bits per heavy atom. The Morgan fingerprint density at radius 1 is 0.927 bits per heavy atom. The van der Waals surface area contributed by atoms with Gasteiger partial charge in [-0.2, -0.15) is 23.3 Å². The van der Waals surface area contributed by atoms with Crippen LogP contribution >= 0.6 is 0 Å². The lowest BCUT2D eigenvalue weighted by Crippen LogP contribution is -2.38. The topological polar surface area (TPSA) is 115 Å². The zero-order chi connectivity index (χ0) is 28.8. The quantitative estimate of drug-likeness (QED) is 0.284. The highest BCUT2D eigenvalue weighted by Gasteiger charge is 2.39. The van der Waals surface area contributed by atoms with E-state index in [0.29, 0.717) is 36.7 Å². The molecule has 9 nitrogen and oxygen atoms in total. The minimum Gasteiger partial charge on any atom is -0.354 e. The van der Waals surface area contributed by atoms with Crippen molar-refractivity contribution < 1.29 is 27.3 Å². The van der Waals surface area contributed by atoms with Crippen molar-refractivity contribution in [3.63, 3.8) is 0 Å². The van der Waals surface area contributed by atoms with Crippen LogP contribution in [0.5, 0.6) is 0 Å². The summed E-state index contributed by atoms with van der Waals surface area (Å²) in [5, 5.41) is 12.9. The Balaban J connectivity index is 1.07. The lowest BCUT2D eigenvalue weighted by atomic mass is 9.81. The van der Waals surface area contributed by atoms with E-state index in [0.717, 1.165) is 29.3 Å². The van der Waals surface area contributed by atoms with E-state index in [4.69, 9.17) is 4.52 Å². The number of nitrogens with zero attached hydrogens (tertiary/aromatic N) is 4. The van der Waals surface area contributed by atoms with Gasteiger partial charge < -0.3 is 15.2 Å². The summed E-state index contributed by atoms with van der Waals surface area (Å²) in [6.45, 7) is 0.0606. The summed E-state index contributed by atoms with van der Waals surface area (Å²) in [4.78, 5) is 29.8. The van der Waals surface area contributed by atoms with E-state index in [-0.39, 0.29) is 30.8 Å². The van der Waals surface area contributed by atoms with Crippen LogP contribution in [0.15, 0.2) is 71.4 Å². The van der Waals surface area contributed by atoms with Crippen molar-refractivity contribution in [1.29, 1.82) is 0 Å². The van der Waals surface area contributed by atoms with Crippen molar-refractivity contribution in [2.75, 3.05) is 13.1 Å². The van der Waals surface area contributed by atoms with E-state index < -0.39 is 23.3 Å². The Labute approximate surface area is 234 Å². The van der Waals surface area contributed by atoms with Crippen LogP contribution in [-0.4, -0.2) is 44.8 Å². The SMILES string of the molecule is O=C(NCCNC(=O)C1CCC(c2nc(Cc3ccccc3)no2)CC1)c1cn(-c2ccccc2)nc1C(F)(F)F. The zero-order valence-corrected chi connectivity index (χ0v) is 22.1. The van der Waals surface area contributed by atoms with E-state index in [1.807, 2.05) is 30.3 Å². The first-order valence-electron chi connectivity index (χ1n) is 13.4. The molecule has 2 heterocycles. The van der Waals surface area contributed by atoms with Crippen molar-refractivity contribution in [3.05, 3.63) is 95.4 Å². The van der Waals surface area contributed by atoms with Gasteiger partial charge in [0.15, 0.2) is 11.5 Å². The second-order valence-corrected chi connectivity index (χ2v) is 9.98. The first kappa shape index (κ1) is 28.1. The number of carbonyl (C=O) groups excluding carboxylic acids is 2. The van der Waals surface area contributed by atoms with Gasteiger partial charge in [0.2, 0.25) is 11.8 Å². The molecule has 2 aromatic carbocycles. The van der Waals surface area contributed by atoms with Gasteiger partial charge in [0.05, 0.1) is 11.3 Å². The van der Waals surface area contributed by atoms with E-state index in [1.54, 1.807) is 30.3 Å². The molecule has 2 N–H and O–H groups in total. The summed E-state index contributed by atoms with van der Waals surface area (Å²) < 4.78 is 47.1. The number of hydrogen-bond acceptors (Lipinski definition) is 6. The Bertz CT molecular complexity index is 1460. The number of aromatic nitrogens is 4. The standard InChI is InChI=1S/C29H29F3N6O3/c30-29(31,32)25-23(18-38(36-25)22-9-5-2-6-10-22)27(40)34-16-15-33-26(39)20-11-13-21(14-12-20)28-35-24(37-41-28)17-19-7-3-1-4-8-19/h1-10,18,20-21H,11-17H2,(H,33,39)(H,34,40). The second kappa shape index (κ2) is 12.4. The highest BCUT2D eigenvalue weighted by atomic mass is 19.4. The molecule has 0 aliphatic heterocycles. The maximum absolute atomic E-state index is 13.5. The van der Waals surface area contributed by atoms with Crippen molar-refractivity contribution in [3.8, 4) is 5.69 Å². The predicted octanol–water partition coefficient (Wildman–Crippen LogP) is 4.68. The van der Waals surface area contributed by atoms with E-state index in [1.165, 1.54) is 0 Å². The minimum absolute atomic E-state index is 0.0279. The molecule has 0 atom stereocenters. The van der Waals surface area contributed by atoms with Crippen LogP contribution in [0.2, 0.25) is 0 Å². The van der Waals surface area contributed by atoms with Gasteiger partial charge in [0.25, 0.3) is 5.91 Å². The molecule has 4 aromatic rings. The molecule has 12 heteroatoms. The molecule has 0 bridgehead atoms. The number of amides is 2. The summed E-state index contributed by atoms with van der Waals surface area (Å²) in [6, 6.07) is 18.1. The lowest BCUT2D eigenvalue weighted by Gasteiger charge is -2.25. The number of hydrogen-bond donors (Lipinski definition) is 2. The van der Waals surface area contributed by atoms with Crippen molar-refractivity contribution in [2.45, 2.75) is 44.2 Å². The molecule has 5 rings (SSSR count). The molecule has 0 saturated heterocycles. The minimum atomic E-state index is -4.80. The third kappa shape index (κ3) is 7.00. The first-order chi connectivity index (χ1) is 19.8. The number of alkyl halides is 3. The highest BCUT2D eigenvalue weighted by molar-refractivity contribution is 5.95. The number of rotatable bonds is 9. The van der Waals surface area contributed by atoms with Gasteiger partial charge in [-0.1, -0.05) is 53.7 Å². The molecular weight excluding hydrogens is 537 g/mol. The molecule has 1 saturated carbocycles. The monoisotopic (exact) mass is 566 g/mol. The Morgan fingerprint density at radius 3 is 2.27 bits per heavy atom. The van der Waals surface area contributed by atoms with Gasteiger partial charge in [-0.15, -0.1) is 0 Å². The molecule has 41 heavy (non-hydrogen) atoms. The normalized spacial score (nSPS) is 17.2. The molecule has 0 unspecified atom stereocenters. The molecule has 2 amide bonds. The first-order valence-corrected chi connectivity index (χ1v) is 13.4. The second-order valence-electron chi connectivity index (χ2n) is 9.98. The third-order valence-corrected chi connectivity index (χ3v) is 7.09. The van der Waals surface area contributed by atoms with Crippen LogP contribution in [0.25, 0.3) is 5.69 Å². The number of nitrogens with one attached hydrogen (secondary N) is 2. The fourth-order valence-corrected chi connectivity index (χ4v) is 4.95. The summed E-state index contributed by atoms with van der Waals surface area (Å²) in [5.74, 6) is 0.0418. The summed E-state index contributed by atoms with van der Waals surface area (Å²) in [5.41, 5.74) is -0.364. The van der Waals surface area contributed by atoms with Crippen LogP contribution in [0.1, 0.15) is 64.9 Å². The predicted molar refractivity (Wildman–Crippen MR) is 142 cm³/mol. The van der Waals surface area contributed by atoms with E-state index in [2.05, 4.69) is 25.9 Å². The van der Waals surface area contributed by atoms with Crippen LogP contribution in [0.3, 0.4) is 0 Å². The van der Waals surface area contributed by atoms with Gasteiger partial charge in [-0.3, -0.25) is 9.59 Å². The third-order valence-electron chi connectivity index (χ3n) is 7.09. The van der Waals surface area contributed by atoms with Crippen molar-refractivity contribution >= 4 is 11.8 Å². The van der Waals surface area contributed by atoms with Gasteiger partial charge in [0, 0.05) is 37.5 Å². The average Bonchev–Trinajstić information content (AvgIpc) is 3.64. The smallest absolute Gasteiger partial charge is 0.354 e. The van der Waals surface area contributed by atoms with Crippen molar-refractivity contribution in [1.82, 2.24) is 30.6 Å². The highest BCUT2D eigenvalue weighted by Crippen LogP contribution is 2.35. The number of halogens is 3. The number of para-hydroxylation sites is 1. The Hall–Kier alpha value is -4.48. The molecule has 1 aliphatic rings. The summed E-state index contributed by atoms with van der Waals surface area (Å²) in [7, 11) is 0. The Kier molecular flexibility index (Phi) is 8.46. The molecule has 1 aliphatic carbocycles. The maximum atomic E-state index is 13.5. The number of benzene rings is 2. The van der Waals surface area contributed by atoms with Crippen LogP contribution in [0.4, 0.5) is 13.2 Å². The summed E-state index contributed by atoms with van der Waals surface area (Å²) >= 11 is 0.